The lowest BCUT2D eigenvalue weighted by Gasteiger charge is -2.24. The quantitative estimate of drug-likeness (QED) is 0.366. The maximum atomic E-state index is 10.8. The van der Waals surface area contributed by atoms with Crippen molar-refractivity contribution < 1.29 is 5.03 Å². The van der Waals surface area contributed by atoms with E-state index < -0.39 is 11.1 Å². The number of fused-ring (bicyclic) bond motifs is 1. The minimum Gasteiger partial charge on any atom is -0.234 e. The predicted molar refractivity (Wildman–Crippen MR) is 74.1 cm³/mol. The van der Waals surface area contributed by atoms with Crippen LogP contribution < -0.4 is 0 Å². The topological polar surface area (TPSA) is 75.8 Å². The Kier molecular flexibility index (Phi) is 3.84. The molecule has 2 rings (SSSR count). The van der Waals surface area contributed by atoms with Crippen LogP contribution in [0, 0.1) is 15.0 Å². The first-order valence-electron chi connectivity index (χ1n) is 5.74. The van der Waals surface area contributed by atoms with E-state index in [-0.39, 0.29) is 5.92 Å². The van der Waals surface area contributed by atoms with Gasteiger partial charge in [0.1, 0.15) is 6.04 Å². The molecule has 0 N–H and O–H groups in total. The molecular weight excluding hydrogens is 266 g/mol. The Morgan fingerprint density at radius 3 is 2.84 bits per heavy atom. The second-order valence-corrected chi connectivity index (χ2v) is 5.45. The lowest BCUT2D eigenvalue weighted by Crippen LogP contribution is -2.20. The van der Waals surface area contributed by atoms with E-state index in [9.17, 15) is 15.0 Å². The molecular formula is C12H13N3O3S. The normalized spacial score (nSPS) is 20.7. The number of hydrazine groups is 1. The summed E-state index contributed by atoms with van der Waals surface area (Å²) in [5.74, 6) is -0.0821. The summed E-state index contributed by atoms with van der Waals surface area (Å²) < 4.78 is 0.948. The van der Waals surface area contributed by atoms with Gasteiger partial charge in [0.15, 0.2) is 5.03 Å². The van der Waals surface area contributed by atoms with Crippen LogP contribution in [0.1, 0.15) is 24.0 Å². The minimum absolute atomic E-state index is 0.0821. The summed E-state index contributed by atoms with van der Waals surface area (Å²) in [5, 5.41) is 13.3. The zero-order valence-corrected chi connectivity index (χ0v) is 11.3. The average Bonchev–Trinajstić information content (AvgIpc) is 2.39. The van der Waals surface area contributed by atoms with Crippen molar-refractivity contribution in [2.75, 3.05) is 7.05 Å². The van der Waals surface area contributed by atoms with Gasteiger partial charge in [0, 0.05) is 10.8 Å². The van der Waals surface area contributed by atoms with Crippen LogP contribution in [0.25, 0.3) is 6.08 Å². The van der Waals surface area contributed by atoms with Crippen LogP contribution in [0.4, 0.5) is 0 Å². The second kappa shape index (κ2) is 5.40. The number of benzene rings is 1. The number of rotatable bonds is 4. The molecule has 0 heterocycles. The Labute approximate surface area is 114 Å². The Morgan fingerprint density at radius 1 is 1.47 bits per heavy atom. The van der Waals surface area contributed by atoms with E-state index in [1.165, 1.54) is 7.05 Å². The summed E-state index contributed by atoms with van der Waals surface area (Å²) in [4.78, 5) is 22.3. The minimum atomic E-state index is -0.483. The van der Waals surface area contributed by atoms with Crippen molar-refractivity contribution in [2.45, 2.75) is 23.8 Å². The first-order valence-corrected chi connectivity index (χ1v) is 6.51. The molecule has 1 aromatic carbocycles. The van der Waals surface area contributed by atoms with Crippen LogP contribution in [0.3, 0.4) is 0 Å². The Bertz CT molecular complexity index is 547. The average molecular weight is 279 g/mol. The fourth-order valence-corrected chi connectivity index (χ4v) is 3.01. The number of nitro groups is 1. The first kappa shape index (κ1) is 13.5. The van der Waals surface area contributed by atoms with Gasteiger partial charge in [-0.1, -0.05) is 40.8 Å². The van der Waals surface area contributed by atoms with Gasteiger partial charge in [0.25, 0.3) is 0 Å². The van der Waals surface area contributed by atoms with E-state index in [0.717, 1.165) is 32.4 Å². The highest BCUT2D eigenvalue weighted by Crippen LogP contribution is 2.38. The molecule has 0 radical (unpaired) electrons. The second-order valence-electron chi connectivity index (χ2n) is 4.30. The molecule has 7 heteroatoms. The van der Waals surface area contributed by atoms with Gasteiger partial charge in [-0.3, -0.25) is 0 Å². The van der Waals surface area contributed by atoms with Crippen molar-refractivity contribution in [1.29, 1.82) is 0 Å². The van der Waals surface area contributed by atoms with Gasteiger partial charge < -0.3 is 0 Å². The van der Waals surface area contributed by atoms with Crippen molar-refractivity contribution in [3.8, 4) is 0 Å². The van der Waals surface area contributed by atoms with Gasteiger partial charge in [-0.25, -0.2) is 10.1 Å². The largest absolute Gasteiger partial charge is 0.234 e. The molecule has 2 unspecified atom stereocenters. The van der Waals surface area contributed by atoms with Crippen molar-refractivity contribution in [3.05, 3.63) is 50.4 Å². The number of hydrogen-bond acceptors (Lipinski definition) is 5. The summed E-state index contributed by atoms with van der Waals surface area (Å²) in [6.45, 7) is 1.91. The molecule has 0 saturated heterocycles. The zero-order chi connectivity index (χ0) is 14.0. The molecule has 0 amide bonds. The molecule has 1 aliphatic rings. The molecule has 0 aromatic heterocycles. The molecule has 0 saturated carbocycles. The van der Waals surface area contributed by atoms with E-state index in [0.29, 0.717) is 0 Å². The summed E-state index contributed by atoms with van der Waals surface area (Å²) in [6, 6.07) is 5.18. The van der Waals surface area contributed by atoms with Gasteiger partial charge in [-0.2, -0.15) is 4.91 Å². The Morgan fingerprint density at radius 2 is 2.21 bits per heavy atom. The zero-order valence-electron chi connectivity index (χ0n) is 10.5. The molecule has 1 aromatic rings. The lowest BCUT2D eigenvalue weighted by molar-refractivity contribution is -0.610. The van der Waals surface area contributed by atoms with E-state index in [1.54, 1.807) is 6.08 Å². The number of hydrogen-bond donors (Lipinski definition) is 0. The third-order valence-electron chi connectivity index (χ3n) is 3.12. The lowest BCUT2D eigenvalue weighted by atomic mass is 9.85. The maximum absolute atomic E-state index is 10.8. The van der Waals surface area contributed by atoms with Crippen LogP contribution in [0.5, 0.6) is 0 Å². The highest BCUT2D eigenvalue weighted by molar-refractivity contribution is 7.96. The van der Waals surface area contributed by atoms with E-state index in [2.05, 4.69) is 5.18 Å². The Hall–Kier alpha value is -1.89. The van der Waals surface area contributed by atoms with Crippen LogP contribution in [-0.4, -0.2) is 22.5 Å². The number of nitrogens with zero attached hydrogens (tertiary/aromatic N) is 3. The van der Waals surface area contributed by atoms with Crippen LogP contribution >= 0.6 is 11.9 Å². The van der Waals surface area contributed by atoms with E-state index in [1.807, 2.05) is 31.2 Å². The molecule has 2 atom stereocenters. The van der Waals surface area contributed by atoms with E-state index >= 15 is 0 Å². The van der Waals surface area contributed by atoms with Crippen molar-refractivity contribution in [3.63, 3.8) is 0 Å². The van der Waals surface area contributed by atoms with Gasteiger partial charge in [-0.05, 0) is 17.2 Å². The van der Waals surface area contributed by atoms with E-state index in [4.69, 9.17) is 0 Å². The van der Waals surface area contributed by atoms with Crippen molar-refractivity contribution in [1.82, 2.24) is 4.41 Å². The third-order valence-corrected chi connectivity index (χ3v) is 4.07. The first-order chi connectivity index (χ1) is 9.04. The molecule has 0 aliphatic heterocycles. The molecule has 0 bridgehead atoms. The monoisotopic (exact) mass is 279 g/mol. The molecule has 19 heavy (non-hydrogen) atoms. The molecule has 1 aliphatic carbocycles. The van der Waals surface area contributed by atoms with Gasteiger partial charge in [0.05, 0.1) is 19.0 Å². The number of nitroso groups, excluding NO2 is 1. The molecule has 6 nitrogen and oxygen atoms in total. The summed E-state index contributed by atoms with van der Waals surface area (Å²) in [6.07, 6.45) is 3.61. The van der Waals surface area contributed by atoms with Gasteiger partial charge >= 0.3 is 0 Å². The Balaban J connectivity index is 2.40. The summed E-state index contributed by atoms with van der Waals surface area (Å²) >= 11 is 1.04. The molecule has 0 spiro atoms. The highest BCUT2D eigenvalue weighted by Gasteiger charge is 2.27. The predicted octanol–water partition coefficient (Wildman–Crippen LogP) is 3.08. The van der Waals surface area contributed by atoms with Gasteiger partial charge in [-0.15, -0.1) is 0 Å². The fraction of sp³-hybridized carbons (Fsp3) is 0.333. The third kappa shape index (κ3) is 2.60. The molecule has 100 valence electrons. The fourth-order valence-electron chi connectivity index (χ4n) is 2.11. The SMILES string of the molecule is CC1c2c(cccc2SN(C)[N+](=O)[O-])C=CC1N=O. The van der Waals surface area contributed by atoms with Crippen LogP contribution in [0.15, 0.2) is 34.3 Å². The van der Waals surface area contributed by atoms with Crippen LogP contribution in [-0.2, 0) is 0 Å². The smallest absolute Gasteiger partial charge is 0.171 e. The molecule has 0 fully saturated rings. The van der Waals surface area contributed by atoms with Crippen molar-refractivity contribution >= 4 is 18.0 Å². The summed E-state index contributed by atoms with van der Waals surface area (Å²) in [5.41, 5.74) is 1.92. The highest BCUT2D eigenvalue weighted by atomic mass is 32.2. The van der Waals surface area contributed by atoms with Crippen LogP contribution in [0.2, 0.25) is 0 Å². The summed E-state index contributed by atoms with van der Waals surface area (Å²) in [7, 11) is 1.39. The maximum Gasteiger partial charge on any atom is 0.171 e. The standard InChI is InChI=1S/C12H13N3O3S/c1-8-10(13-16)7-6-9-4-3-5-11(12(8)9)19-14(2)15(17)18/h3-8,10H,1-2H3. The van der Waals surface area contributed by atoms with Gasteiger partial charge in [0.2, 0.25) is 0 Å². The van der Waals surface area contributed by atoms with Crippen molar-refractivity contribution in [2.24, 2.45) is 5.18 Å².